The molecule has 1 amide bonds. The molecule has 1 fully saturated rings. The van der Waals surface area contributed by atoms with Gasteiger partial charge in [0.25, 0.3) is 0 Å². The largest absolute Gasteiger partial charge is 0.325 e. The van der Waals surface area contributed by atoms with Crippen LogP contribution in [0.5, 0.6) is 0 Å². The van der Waals surface area contributed by atoms with Crippen LogP contribution in [0.25, 0.3) is 0 Å². The highest BCUT2D eigenvalue weighted by atomic mass is 16.2. The number of anilines is 1. The number of fused-ring (bicyclic) bond motifs is 3. The Kier molecular flexibility index (Phi) is 1.94. The molecule has 0 aromatic heterocycles. The first-order valence-electron chi connectivity index (χ1n) is 7.33. The highest BCUT2D eigenvalue weighted by Gasteiger charge is 2.65. The van der Waals surface area contributed by atoms with E-state index in [1.165, 1.54) is 16.7 Å². The number of aliphatic imine (C=N–C) groups is 1. The maximum Gasteiger partial charge on any atom is 0.235 e. The predicted octanol–water partition coefficient (Wildman–Crippen LogP) is 3.00. The lowest BCUT2D eigenvalue weighted by Crippen LogP contribution is -2.21. The zero-order valence-corrected chi connectivity index (χ0v) is 11.5. The van der Waals surface area contributed by atoms with Crippen molar-refractivity contribution in [3.8, 4) is 0 Å². The molecule has 2 aliphatic heterocycles. The highest BCUT2D eigenvalue weighted by molar-refractivity contribution is 6.09. The van der Waals surface area contributed by atoms with Crippen LogP contribution < -0.4 is 5.32 Å². The van der Waals surface area contributed by atoms with Gasteiger partial charge in [0, 0.05) is 17.8 Å². The monoisotopic (exact) mass is 274 g/mol. The molecule has 3 heteroatoms. The zero-order valence-electron chi connectivity index (χ0n) is 11.5. The Morgan fingerprint density at radius 2 is 2.10 bits per heavy atom. The van der Waals surface area contributed by atoms with Gasteiger partial charge in [0.05, 0.1) is 12.0 Å². The van der Waals surface area contributed by atoms with Gasteiger partial charge in [-0.05, 0) is 34.7 Å². The topological polar surface area (TPSA) is 41.5 Å². The summed E-state index contributed by atoms with van der Waals surface area (Å²) in [6.45, 7) is 0.770. The highest BCUT2D eigenvalue weighted by Crippen LogP contribution is 2.64. The van der Waals surface area contributed by atoms with Crippen LogP contribution in [0.4, 0.5) is 5.69 Å². The van der Waals surface area contributed by atoms with E-state index >= 15 is 0 Å². The number of amides is 1. The van der Waals surface area contributed by atoms with Gasteiger partial charge < -0.3 is 5.32 Å². The van der Waals surface area contributed by atoms with Gasteiger partial charge in [-0.2, -0.15) is 0 Å². The van der Waals surface area contributed by atoms with Gasteiger partial charge in [-0.25, -0.2) is 0 Å². The first kappa shape index (κ1) is 11.3. The Morgan fingerprint density at radius 3 is 3.05 bits per heavy atom. The minimum absolute atomic E-state index is 0.158. The van der Waals surface area contributed by atoms with Gasteiger partial charge in [0.2, 0.25) is 5.91 Å². The third-order valence-electron chi connectivity index (χ3n) is 5.08. The molecule has 0 saturated heterocycles. The summed E-state index contributed by atoms with van der Waals surface area (Å²) in [7, 11) is 0. The van der Waals surface area contributed by atoms with Crippen molar-refractivity contribution in [1.29, 1.82) is 0 Å². The van der Waals surface area contributed by atoms with Crippen LogP contribution in [0, 0.1) is 0 Å². The lowest BCUT2D eigenvalue weighted by atomic mass is 9.91. The normalized spacial score (nSPS) is 27.6. The molecule has 21 heavy (non-hydrogen) atoms. The van der Waals surface area contributed by atoms with E-state index in [2.05, 4.69) is 34.6 Å². The van der Waals surface area contributed by atoms with Gasteiger partial charge in [-0.3, -0.25) is 9.79 Å². The summed E-state index contributed by atoms with van der Waals surface area (Å²) in [6, 6.07) is 14.6. The fraction of sp³-hybridized carbons (Fsp3) is 0.222. The molecule has 2 aromatic rings. The van der Waals surface area contributed by atoms with Crippen LogP contribution in [0.1, 0.15) is 34.6 Å². The molecule has 1 N–H and O–H groups in total. The SMILES string of the molecule is O=C1Nc2ccccc2[C@]12CC2c1ccc2c(c1)CN=C2. The van der Waals surface area contributed by atoms with Crippen LogP contribution in [0.2, 0.25) is 0 Å². The first-order valence-corrected chi connectivity index (χ1v) is 7.33. The van der Waals surface area contributed by atoms with E-state index in [0.29, 0.717) is 5.92 Å². The van der Waals surface area contributed by atoms with Crippen molar-refractivity contribution in [3.63, 3.8) is 0 Å². The van der Waals surface area contributed by atoms with E-state index < -0.39 is 0 Å². The Hall–Kier alpha value is -2.42. The molecule has 0 bridgehead atoms. The lowest BCUT2D eigenvalue weighted by molar-refractivity contribution is -0.118. The molecule has 2 heterocycles. The summed E-state index contributed by atoms with van der Waals surface area (Å²) in [5.74, 6) is 0.456. The van der Waals surface area contributed by atoms with E-state index in [1.807, 2.05) is 24.4 Å². The number of rotatable bonds is 1. The second-order valence-electron chi connectivity index (χ2n) is 6.16. The van der Waals surface area contributed by atoms with Crippen molar-refractivity contribution >= 4 is 17.8 Å². The quantitative estimate of drug-likeness (QED) is 0.853. The van der Waals surface area contributed by atoms with Gasteiger partial charge >= 0.3 is 0 Å². The molecule has 1 spiro atoms. The third-order valence-corrected chi connectivity index (χ3v) is 5.08. The summed E-state index contributed by atoms with van der Waals surface area (Å²) in [5.41, 5.74) is 5.58. The average Bonchev–Trinajstić information content (AvgIpc) is 2.97. The smallest absolute Gasteiger partial charge is 0.235 e. The molecule has 5 rings (SSSR count). The molecule has 0 radical (unpaired) electrons. The van der Waals surface area contributed by atoms with Crippen LogP contribution in [-0.4, -0.2) is 12.1 Å². The first-order chi connectivity index (χ1) is 10.3. The van der Waals surface area contributed by atoms with Crippen molar-refractivity contribution in [3.05, 3.63) is 64.7 Å². The van der Waals surface area contributed by atoms with Crippen LogP contribution in [0.3, 0.4) is 0 Å². The summed E-state index contributed by atoms with van der Waals surface area (Å²) in [4.78, 5) is 16.8. The Morgan fingerprint density at radius 1 is 1.19 bits per heavy atom. The number of nitrogens with one attached hydrogen (secondary N) is 1. The van der Waals surface area contributed by atoms with Crippen molar-refractivity contribution in [2.45, 2.75) is 24.3 Å². The van der Waals surface area contributed by atoms with Gasteiger partial charge in [-0.15, -0.1) is 0 Å². The standard InChI is InChI=1S/C18H14N2O/c21-17-18(14-3-1-2-4-16(14)20-17)8-15(18)11-5-6-12-9-19-10-13(12)7-11/h1-7,9,15H,8,10H2,(H,20,21)/t15?,18-/m0/s1. The number of nitrogens with zero attached hydrogens (tertiary/aromatic N) is 1. The van der Waals surface area contributed by atoms with E-state index in [1.54, 1.807) is 0 Å². The van der Waals surface area contributed by atoms with Crippen molar-refractivity contribution in [1.82, 2.24) is 0 Å². The Balaban J connectivity index is 1.58. The number of carbonyl (C=O) groups excluding carboxylic acids is 1. The minimum Gasteiger partial charge on any atom is -0.325 e. The van der Waals surface area contributed by atoms with Gasteiger partial charge in [0.1, 0.15) is 0 Å². The van der Waals surface area contributed by atoms with Crippen molar-refractivity contribution in [2.75, 3.05) is 5.32 Å². The summed E-state index contributed by atoms with van der Waals surface area (Å²) in [5, 5.41) is 3.04. The molecule has 1 saturated carbocycles. The molecule has 2 atom stereocenters. The lowest BCUT2D eigenvalue weighted by Gasteiger charge is -2.09. The summed E-state index contributed by atoms with van der Waals surface area (Å²) >= 11 is 0. The molecule has 2 aromatic carbocycles. The number of hydrogen-bond donors (Lipinski definition) is 1. The number of carbonyl (C=O) groups is 1. The molecule has 1 unspecified atom stereocenters. The second kappa shape index (κ2) is 3.61. The molecular weight excluding hydrogens is 260 g/mol. The van der Waals surface area contributed by atoms with Crippen LogP contribution >= 0.6 is 0 Å². The third kappa shape index (κ3) is 1.33. The second-order valence-corrected chi connectivity index (χ2v) is 6.16. The molecule has 3 aliphatic rings. The maximum absolute atomic E-state index is 12.5. The summed E-state index contributed by atoms with van der Waals surface area (Å²) < 4.78 is 0. The number of para-hydroxylation sites is 1. The van der Waals surface area contributed by atoms with Crippen molar-refractivity contribution < 1.29 is 4.79 Å². The Bertz CT molecular complexity index is 824. The molecule has 3 nitrogen and oxygen atoms in total. The molecule has 102 valence electrons. The van der Waals surface area contributed by atoms with E-state index in [4.69, 9.17) is 0 Å². The fourth-order valence-electron chi connectivity index (χ4n) is 3.90. The average molecular weight is 274 g/mol. The predicted molar refractivity (Wildman–Crippen MR) is 81.8 cm³/mol. The molecule has 1 aliphatic carbocycles. The fourth-order valence-corrected chi connectivity index (χ4v) is 3.90. The van der Waals surface area contributed by atoms with Crippen LogP contribution in [-0.2, 0) is 16.8 Å². The van der Waals surface area contributed by atoms with E-state index in [-0.39, 0.29) is 11.3 Å². The van der Waals surface area contributed by atoms with Gasteiger partial charge in [0.15, 0.2) is 0 Å². The van der Waals surface area contributed by atoms with E-state index in [0.717, 1.165) is 24.2 Å². The number of hydrogen-bond acceptors (Lipinski definition) is 2. The molecular formula is C18H14N2O. The Labute approximate surface area is 122 Å². The van der Waals surface area contributed by atoms with Gasteiger partial charge in [-0.1, -0.05) is 36.4 Å². The summed E-state index contributed by atoms with van der Waals surface area (Å²) in [6.07, 6.45) is 2.84. The maximum atomic E-state index is 12.5. The van der Waals surface area contributed by atoms with E-state index in [9.17, 15) is 4.79 Å². The minimum atomic E-state index is -0.329. The zero-order chi connectivity index (χ0) is 14.0. The number of benzene rings is 2. The van der Waals surface area contributed by atoms with Crippen molar-refractivity contribution in [2.24, 2.45) is 4.99 Å². The van der Waals surface area contributed by atoms with Crippen LogP contribution in [0.15, 0.2) is 47.5 Å².